The topological polar surface area (TPSA) is 91.9 Å². The van der Waals surface area contributed by atoms with Crippen LogP contribution in [0, 0.1) is 5.82 Å². The number of hydrogen-bond donors (Lipinski definition) is 0. The molecule has 6 rings (SSSR count). The normalized spacial score (nSPS) is 12.4. The Morgan fingerprint density at radius 2 is 1.49 bits per heavy atom. The summed E-state index contributed by atoms with van der Waals surface area (Å²) in [5, 5.41) is 9.50. The SMILES string of the molecule is O=CCOCc1nnc(Cn2c(SCc3ccc(F)cc3)nc(=O)c3c2CCC3)n1Cc1ccc(-c2ccc(CF)cc2)cc1. The zero-order valence-electron chi connectivity index (χ0n) is 24.5. The van der Waals surface area contributed by atoms with Gasteiger partial charge >= 0.3 is 0 Å². The summed E-state index contributed by atoms with van der Waals surface area (Å²) in [7, 11) is 0. The molecule has 45 heavy (non-hydrogen) atoms. The van der Waals surface area contributed by atoms with Crippen molar-refractivity contribution in [3.63, 3.8) is 0 Å². The average Bonchev–Trinajstić information content (AvgIpc) is 3.71. The molecule has 2 heterocycles. The number of fused-ring (bicyclic) bond motifs is 1. The third kappa shape index (κ3) is 7.10. The number of thioether (sulfide) groups is 1. The number of carbonyl (C=O) groups excluding carboxylic acids is 1. The summed E-state index contributed by atoms with van der Waals surface area (Å²) >= 11 is 1.43. The maximum absolute atomic E-state index is 13.5. The molecule has 0 radical (unpaired) electrons. The summed E-state index contributed by atoms with van der Waals surface area (Å²) in [4.78, 5) is 28.3. The van der Waals surface area contributed by atoms with Crippen molar-refractivity contribution in [2.24, 2.45) is 0 Å². The highest BCUT2D eigenvalue weighted by atomic mass is 32.2. The first kappa shape index (κ1) is 30.5. The van der Waals surface area contributed by atoms with Crippen molar-refractivity contribution < 1.29 is 18.3 Å². The van der Waals surface area contributed by atoms with E-state index in [4.69, 9.17) is 4.74 Å². The molecule has 11 heteroatoms. The molecule has 0 unspecified atom stereocenters. The maximum Gasteiger partial charge on any atom is 0.277 e. The number of halogens is 2. The number of rotatable bonds is 13. The number of carbonyl (C=O) groups is 1. The van der Waals surface area contributed by atoms with E-state index in [1.54, 1.807) is 24.3 Å². The van der Waals surface area contributed by atoms with E-state index in [1.165, 1.54) is 23.9 Å². The van der Waals surface area contributed by atoms with Gasteiger partial charge in [-0.15, -0.1) is 10.2 Å². The molecule has 1 aliphatic carbocycles. The van der Waals surface area contributed by atoms with Crippen LogP contribution in [0.2, 0.25) is 0 Å². The van der Waals surface area contributed by atoms with E-state index >= 15 is 0 Å². The minimum Gasteiger partial charge on any atom is -0.366 e. The number of alkyl halides is 1. The van der Waals surface area contributed by atoms with Crippen LogP contribution in [0.5, 0.6) is 0 Å². The fraction of sp³-hybridized carbons (Fsp3) is 0.265. The lowest BCUT2D eigenvalue weighted by atomic mass is 10.0. The Hall–Kier alpha value is -4.48. The zero-order valence-corrected chi connectivity index (χ0v) is 25.3. The minimum absolute atomic E-state index is 0.0562. The van der Waals surface area contributed by atoms with Crippen molar-refractivity contribution in [3.05, 3.63) is 129 Å². The molecule has 0 spiro atoms. The molecule has 0 aliphatic heterocycles. The molecule has 3 aromatic carbocycles. The molecule has 0 N–H and O–H groups in total. The number of benzene rings is 3. The Bertz CT molecular complexity index is 1840. The summed E-state index contributed by atoms with van der Waals surface area (Å²) in [5.74, 6) is 1.45. The molecule has 0 saturated carbocycles. The summed E-state index contributed by atoms with van der Waals surface area (Å²) < 4.78 is 35.9. The van der Waals surface area contributed by atoms with E-state index in [2.05, 4.69) is 19.7 Å². The van der Waals surface area contributed by atoms with Crippen LogP contribution in [0.3, 0.4) is 0 Å². The summed E-state index contributed by atoms with van der Waals surface area (Å²) in [5.41, 5.74) is 6.06. The van der Waals surface area contributed by atoms with Gasteiger partial charge < -0.3 is 18.7 Å². The number of hydrogen-bond acceptors (Lipinski definition) is 7. The maximum atomic E-state index is 13.5. The van der Waals surface area contributed by atoms with Gasteiger partial charge in [0.25, 0.3) is 5.56 Å². The predicted molar refractivity (Wildman–Crippen MR) is 167 cm³/mol. The predicted octanol–water partition coefficient (Wildman–Crippen LogP) is 5.70. The summed E-state index contributed by atoms with van der Waals surface area (Å²) in [6.45, 7) is 0.348. The van der Waals surface area contributed by atoms with E-state index in [1.807, 2.05) is 41.0 Å². The highest BCUT2D eigenvalue weighted by Crippen LogP contribution is 2.28. The first-order valence-corrected chi connectivity index (χ1v) is 15.7. The van der Waals surface area contributed by atoms with Gasteiger partial charge in [0.2, 0.25) is 0 Å². The molecule has 0 fully saturated rings. The van der Waals surface area contributed by atoms with Crippen LogP contribution in [0.1, 0.15) is 46.0 Å². The third-order valence-electron chi connectivity index (χ3n) is 7.84. The van der Waals surface area contributed by atoms with Crippen LogP contribution in [-0.2, 0) is 54.5 Å². The monoisotopic (exact) mass is 627 g/mol. The molecule has 1 aliphatic rings. The number of nitrogens with zero attached hydrogens (tertiary/aromatic N) is 5. The number of aldehydes is 1. The van der Waals surface area contributed by atoms with Crippen LogP contribution in [-0.4, -0.2) is 37.2 Å². The molecule has 8 nitrogen and oxygen atoms in total. The average molecular weight is 628 g/mol. The largest absolute Gasteiger partial charge is 0.366 e. The fourth-order valence-electron chi connectivity index (χ4n) is 5.48. The van der Waals surface area contributed by atoms with Gasteiger partial charge in [0.15, 0.2) is 16.8 Å². The highest BCUT2D eigenvalue weighted by Gasteiger charge is 2.24. The highest BCUT2D eigenvalue weighted by molar-refractivity contribution is 7.98. The smallest absolute Gasteiger partial charge is 0.277 e. The summed E-state index contributed by atoms with van der Waals surface area (Å²) in [6.07, 6.45) is 3.01. The van der Waals surface area contributed by atoms with Crippen molar-refractivity contribution in [1.29, 1.82) is 0 Å². The Kier molecular flexibility index (Phi) is 9.56. The number of aromatic nitrogens is 5. The molecule has 0 atom stereocenters. The van der Waals surface area contributed by atoms with Gasteiger partial charge in [0.1, 0.15) is 32.0 Å². The Balaban J connectivity index is 1.30. The molecular weight excluding hydrogens is 596 g/mol. The molecule has 230 valence electrons. The molecule has 5 aromatic rings. The first-order chi connectivity index (χ1) is 22.0. The Morgan fingerprint density at radius 3 is 2.18 bits per heavy atom. The lowest BCUT2D eigenvalue weighted by molar-refractivity contribution is -0.112. The molecule has 2 aromatic heterocycles. The van der Waals surface area contributed by atoms with Gasteiger partial charge in [0.05, 0.1) is 13.1 Å². The van der Waals surface area contributed by atoms with E-state index in [0.717, 1.165) is 46.4 Å². The lowest BCUT2D eigenvalue weighted by Crippen LogP contribution is -2.23. The van der Waals surface area contributed by atoms with Gasteiger partial charge in [-0.05, 0) is 59.2 Å². The summed E-state index contributed by atoms with van der Waals surface area (Å²) in [6, 6.07) is 21.8. The van der Waals surface area contributed by atoms with E-state index in [-0.39, 0.29) is 24.6 Å². The van der Waals surface area contributed by atoms with Gasteiger partial charge in [-0.1, -0.05) is 72.4 Å². The standard InChI is InChI=1S/C34H31F2N5O3S/c35-18-23-4-10-26(11-5-23)27-12-6-24(7-13-27)19-41-31(38-39-32(41)21-44-17-16-42)20-40-30-3-1-2-29(30)33(43)37-34(40)45-22-25-8-14-28(36)15-9-25/h4-16H,1-3,17-22H2. The van der Waals surface area contributed by atoms with Gasteiger partial charge in [-0.2, -0.15) is 4.98 Å². The van der Waals surface area contributed by atoms with Crippen molar-refractivity contribution in [3.8, 4) is 11.1 Å². The molecular formula is C34H31F2N5O3S. The Morgan fingerprint density at radius 1 is 0.822 bits per heavy atom. The quantitative estimate of drug-likeness (QED) is 0.0716. The van der Waals surface area contributed by atoms with Crippen molar-refractivity contribution >= 4 is 18.0 Å². The van der Waals surface area contributed by atoms with Crippen LogP contribution in [0.4, 0.5) is 8.78 Å². The van der Waals surface area contributed by atoms with Crippen LogP contribution in [0.25, 0.3) is 11.1 Å². The van der Waals surface area contributed by atoms with Crippen LogP contribution in [0.15, 0.2) is 82.7 Å². The van der Waals surface area contributed by atoms with E-state index < -0.39 is 6.67 Å². The first-order valence-electron chi connectivity index (χ1n) is 14.7. The second kappa shape index (κ2) is 14.1. The van der Waals surface area contributed by atoms with Crippen LogP contribution >= 0.6 is 11.8 Å². The zero-order chi connectivity index (χ0) is 31.2. The van der Waals surface area contributed by atoms with E-state index in [9.17, 15) is 18.4 Å². The van der Waals surface area contributed by atoms with E-state index in [0.29, 0.717) is 53.9 Å². The number of ether oxygens (including phenoxy) is 1. The second-order valence-electron chi connectivity index (χ2n) is 10.8. The fourth-order valence-corrected chi connectivity index (χ4v) is 6.44. The molecule has 0 amide bonds. The minimum atomic E-state index is -0.494. The Labute approximate surface area is 263 Å². The third-order valence-corrected chi connectivity index (χ3v) is 8.89. The van der Waals surface area contributed by atoms with Crippen LogP contribution < -0.4 is 5.56 Å². The lowest BCUT2D eigenvalue weighted by Gasteiger charge is -2.18. The van der Waals surface area contributed by atoms with Crippen molar-refractivity contribution in [2.75, 3.05) is 6.61 Å². The molecule has 0 bridgehead atoms. The second-order valence-corrected chi connectivity index (χ2v) is 11.7. The van der Waals surface area contributed by atoms with Crippen molar-refractivity contribution in [1.82, 2.24) is 24.3 Å². The van der Waals surface area contributed by atoms with Gasteiger partial charge in [-0.25, -0.2) is 8.78 Å². The van der Waals surface area contributed by atoms with Crippen molar-refractivity contribution in [2.45, 2.75) is 56.5 Å². The van der Waals surface area contributed by atoms with Gasteiger partial charge in [-0.3, -0.25) is 4.79 Å². The molecule has 0 saturated heterocycles. The van der Waals surface area contributed by atoms with Gasteiger partial charge in [0, 0.05) is 17.0 Å².